The maximum Gasteiger partial charge on any atom is 0.515 e. The first-order valence-corrected chi connectivity index (χ1v) is 7.57. The SMILES string of the molecule is CCOC(=O)Oc1n[nH]c(C(C)C)c1-c1ccc(Cl)cc1Cl. The van der Waals surface area contributed by atoms with Crippen LogP contribution in [0.5, 0.6) is 5.88 Å². The van der Waals surface area contributed by atoms with E-state index in [0.29, 0.717) is 21.2 Å². The van der Waals surface area contributed by atoms with E-state index in [-0.39, 0.29) is 18.4 Å². The second-order valence-electron chi connectivity index (χ2n) is 4.88. The fraction of sp³-hybridized carbons (Fsp3) is 0.333. The van der Waals surface area contributed by atoms with Crippen molar-refractivity contribution in [3.8, 4) is 17.0 Å². The van der Waals surface area contributed by atoms with E-state index in [2.05, 4.69) is 10.2 Å². The maximum atomic E-state index is 11.6. The Morgan fingerprint density at radius 3 is 2.68 bits per heavy atom. The fourth-order valence-corrected chi connectivity index (χ4v) is 2.51. The van der Waals surface area contributed by atoms with Crippen molar-refractivity contribution >= 4 is 29.4 Å². The van der Waals surface area contributed by atoms with Gasteiger partial charge in [-0.3, -0.25) is 5.10 Å². The van der Waals surface area contributed by atoms with E-state index in [1.54, 1.807) is 25.1 Å². The number of ether oxygens (including phenoxy) is 2. The van der Waals surface area contributed by atoms with Crippen LogP contribution < -0.4 is 4.74 Å². The number of carbonyl (C=O) groups is 1. The van der Waals surface area contributed by atoms with Gasteiger partial charge in [0.05, 0.1) is 17.2 Å². The van der Waals surface area contributed by atoms with Crippen molar-refractivity contribution < 1.29 is 14.3 Å². The number of nitrogens with zero attached hydrogens (tertiary/aromatic N) is 1. The molecule has 0 bridgehead atoms. The van der Waals surface area contributed by atoms with E-state index in [4.69, 9.17) is 32.7 Å². The van der Waals surface area contributed by atoms with Gasteiger partial charge in [-0.15, -0.1) is 5.10 Å². The van der Waals surface area contributed by atoms with Gasteiger partial charge in [0.1, 0.15) is 0 Å². The number of hydrogen-bond donors (Lipinski definition) is 1. The molecule has 0 radical (unpaired) electrons. The molecule has 22 heavy (non-hydrogen) atoms. The molecule has 1 N–H and O–H groups in total. The summed E-state index contributed by atoms with van der Waals surface area (Å²) >= 11 is 12.2. The summed E-state index contributed by atoms with van der Waals surface area (Å²) in [6.45, 7) is 5.91. The summed E-state index contributed by atoms with van der Waals surface area (Å²) < 4.78 is 9.95. The molecule has 2 aromatic rings. The first-order chi connectivity index (χ1) is 10.4. The molecule has 2 rings (SSSR count). The molecule has 1 heterocycles. The molecule has 7 heteroatoms. The third-order valence-electron chi connectivity index (χ3n) is 2.98. The van der Waals surface area contributed by atoms with Gasteiger partial charge in [0, 0.05) is 16.3 Å². The lowest BCUT2D eigenvalue weighted by Crippen LogP contribution is -2.11. The van der Waals surface area contributed by atoms with Crippen molar-refractivity contribution in [1.82, 2.24) is 10.2 Å². The minimum atomic E-state index is -0.810. The highest BCUT2D eigenvalue weighted by molar-refractivity contribution is 6.36. The van der Waals surface area contributed by atoms with Crippen LogP contribution >= 0.6 is 23.2 Å². The molecule has 0 fully saturated rings. The average molecular weight is 343 g/mol. The third-order valence-corrected chi connectivity index (χ3v) is 3.53. The number of benzene rings is 1. The van der Waals surface area contributed by atoms with Gasteiger partial charge in [-0.2, -0.15) is 0 Å². The first-order valence-electron chi connectivity index (χ1n) is 6.82. The minimum Gasteiger partial charge on any atom is -0.434 e. The second-order valence-corrected chi connectivity index (χ2v) is 5.73. The normalized spacial score (nSPS) is 10.8. The Hall–Kier alpha value is -1.72. The zero-order valence-corrected chi connectivity index (χ0v) is 14.0. The molecule has 0 saturated carbocycles. The van der Waals surface area contributed by atoms with Crippen LogP contribution in [0, 0.1) is 0 Å². The van der Waals surface area contributed by atoms with Crippen LogP contribution in [0.3, 0.4) is 0 Å². The zero-order valence-electron chi connectivity index (χ0n) is 12.4. The second kappa shape index (κ2) is 7.03. The lowest BCUT2D eigenvalue weighted by atomic mass is 9.99. The van der Waals surface area contributed by atoms with E-state index in [1.165, 1.54) is 0 Å². The highest BCUT2D eigenvalue weighted by atomic mass is 35.5. The molecule has 0 unspecified atom stereocenters. The standard InChI is InChI=1S/C15H16Cl2N2O3/c1-4-21-15(20)22-14-12(13(8(2)3)18-19-14)10-6-5-9(16)7-11(10)17/h5-8H,4H2,1-3H3,(H,18,19). The summed E-state index contributed by atoms with van der Waals surface area (Å²) in [6, 6.07) is 5.11. The Kier molecular flexibility index (Phi) is 5.32. The summed E-state index contributed by atoms with van der Waals surface area (Å²) in [6.07, 6.45) is -0.810. The van der Waals surface area contributed by atoms with Gasteiger partial charge in [-0.05, 0) is 25.0 Å². The first kappa shape index (κ1) is 16.6. The predicted octanol–water partition coefficient (Wildman–Crippen LogP) is 5.04. The Morgan fingerprint density at radius 1 is 1.36 bits per heavy atom. The molecule has 0 amide bonds. The summed E-state index contributed by atoms with van der Waals surface area (Å²) in [4.78, 5) is 11.6. The van der Waals surface area contributed by atoms with Crippen molar-refractivity contribution in [2.45, 2.75) is 26.7 Å². The average Bonchev–Trinajstić information content (AvgIpc) is 2.82. The molecule has 0 aliphatic rings. The minimum absolute atomic E-state index is 0.131. The molecular weight excluding hydrogens is 327 g/mol. The van der Waals surface area contributed by atoms with Crippen molar-refractivity contribution in [2.24, 2.45) is 0 Å². The molecule has 0 atom stereocenters. The molecule has 0 spiro atoms. The van der Waals surface area contributed by atoms with Crippen LogP contribution in [0.2, 0.25) is 10.0 Å². The molecule has 0 aliphatic heterocycles. The molecule has 118 valence electrons. The monoisotopic (exact) mass is 342 g/mol. The zero-order chi connectivity index (χ0) is 16.3. The Morgan fingerprint density at radius 2 is 2.09 bits per heavy atom. The van der Waals surface area contributed by atoms with Gasteiger partial charge >= 0.3 is 6.16 Å². The third kappa shape index (κ3) is 3.54. The predicted molar refractivity (Wildman–Crippen MR) is 85.8 cm³/mol. The van der Waals surface area contributed by atoms with E-state index < -0.39 is 6.16 Å². The molecule has 5 nitrogen and oxygen atoms in total. The smallest absolute Gasteiger partial charge is 0.434 e. The molecule has 1 aromatic heterocycles. The number of carbonyl (C=O) groups excluding carboxylic acids is 1. The summed E-state index contributed by atoms with van der Waals surface area (Å²) in [7, 11) is 0. The van der Waals surface area contributed by atoms with Crippen LogP contribution in [-0.2, 0) is 4.74 Å². The number of hydrogen-bond acceptors (Lipinski definition) is 4. The maximum absolute atomic E-state index is 11.6. The van der Waals surface area contributed by atoms with Crippen LogP contribution in [-0.4, -0.2) is 23.0 Å². The number of rotatable bonds is 4. The lowest BCUT2D eigenvalue weighted by molar-refractivity contribution is 0.103. The lowest BCUT2D eigenvalue weighted by Gasteiger charge is -2.10. The summed E-state index contributed by atoms with van der Waals surface area (Å²) in [5, 5.41) is 7.92. The number of halogens is 2. The van der Waals surface area contributed by atoms with Crippen LogP contribution in [0.15, 0.2) is 18.2 Å². The fourth-order valence-electron chi connectivity index (χ4n) is 2.01. The summed E-state index contributed by atoms with van der Waals surface area (Å²) in [5.41, 5.74) is 2.12. The molecule has 0 saturated heterocycles. The van der Waals surface area contributed by atoms with E-state index in [0.717, 1.165) is 5.69 Å². The van der Waals surface area contributed by atoms with Crippen molar-refractivity contribution in [1.29, 1.82) is 0 Å². The van der Waals surface area contributed by atoms with E-state index in [1.807, 2.05) is 13.8 Å². The van der Waals surface area contributed by atoms with Gasteiger partial charge in [-0.25, -0.2) is 4.79 Å². The van der Waals surface area contributed by atoms with E-state index in [9.17, 15) is 4.79 Å². The molecule has 0 aliphatic carbocycles. The van der Waals surface area contributed by atoms with Gasteiger partial charge in [0.15, 0.2) is 0 Å². The van der Waals surface area contributed by atoms with Gasteiger partial charge < -0.3 is 9.47 Å². The number of H-pyrrole nitrogens is 1. The quantitative estimate of drug-likeness (QED) is 0.790. The van der Waals surface area contributed by atoms with Crippen LogP contribution in [0.4, 0.5) is 4.79 Å². The molecule has 1 aromatic carbocycles. The Labute approximate surface area is 138 Å². The van der Waals surface area contributed by atoms with Crippen molar-refractivity contribution in [2.75, 3.05) is 6.61 Å². The molecular formula is C15H16Cl2N2O3. The van der Waals surface area contributed by atoms with Gasteiger partial charge in [0.25, 0.3) is 5.88 Å². The number of aromatic amines is 1. The van der Waals surface area contributed by atoms with E-state index >= 15 is 0 Å². The van der Waals surface area contributed by atoms with Crippen LogP contribution in [0.25, 0.3) is 11.1 Å². The topological polar surface area (TPSA) is 64.2 Å². The number of nitrogens with one attached hydrogen (secondary N) is 1. The van der Waals surface area contributed by atoms with Gasteiger partial charge in [-0.1, -0.05) is 43.1 Å². The van der Waals surface area contributed by atoms with Gasteiger partial charge in [0.2, 0.25) is 0 Å². The highest BCUT2D eigenvalue weighted by Gasteiger charge is 2.23. The van der Waals surface area contributed by atoms with Crippen molar-refractivity contribution in [3.63, 3.8) is 0 Å². The van der Waals surface area contributed by atoms with Crippen LogP contribution in [0.1, 0.15) is 32.4 Å². The largest absolute Gasteiger partial charge is 0.515 e. The summed E-state index contributed by atoms with van der Waals surface area (Å²) in [5.74, 6) is 0.264. The Balaban J connectivity index is 2.51. The van der Waals surface area contributed by atoms with Crippen molar-refractivity contribution in [3.05, 3.63) is 33.9 Å². The number of aromatic nitrogens is 2. The highest BCUT2D eigenvalue weighted by Crippen LogP contribution is 2.39. The Bertz CT molecular complexity index is 683.